The molecule has 0 saturated heterocycles. The Labute approximate surface area is 85.7 Å². The van der Waals surface area contributed by atoms with E-state index >= 15 is 0 Å². The molecular weight excluding hydrogens is 186 g/mol. The molecule has 0 aliphatic rings. The fourth-order valence-electron chi connectivity index (χ4n) is 1.52. The van der Waals surface area contributed by atoms with Crippen LogP contribution in [0.3, 0.4) is 0 Å². The lowest BCUT2D eigenvalue weighted by Gasteiger charge is -2.14. The van der Waals surface area contributed by atoms with E-state index in [-0.39, 0.29) is 12.4 Å². The molecule has 13 heavy (non-hydrogen) atoms. The van der Waals surface area contributed by atoms with E-state index in [4.69, 9.17) is 5.73 Å². The predicted molar refractivity (Wildman–Crippen MR) is 58.2 cm³/mol. The molecule has 2 N–H and O–H groups in total. The summed E-state index contributed by atoms with van der Waals surface area (Å²) < 4.78 is 2.02. The highest BCUT2D eigenvalue weighted by molar-refractivity contribution is 5.85. The number of nitrogen functional groups attached to an aromatic ring is 1. The molecule has 1 aromatic rings. The molecular formula is C9H18ClN3. The van der Waals surface area contributed by atoms with Gasteiger partial charge in [0.25, 0.3) is 0 Å². The first-order chi connectivity index (χ1) is 5.69. The average Bonchev–Trinajstić information content (AvgIpc) is 2.34. The summed E-state index contributed by atoms with van der Waals surface area (Å²) in [4.78, 5) is 0. The third-order valence-corrected chi connectivity index (χ3v) is 2.23. The summed E-state index contributed by atoms with van der Waals surface area (Å²) in [6.07, 6.45) is 2.22. The van der Waals surface area contributed by atoms with Gasteiger partial charge < -0.3 is 5.73 Å². The first-order valence-electron chi connectivity index (χ1n) is 4.50. The van der Waals surface area contributed by atoms with Crippen molar-refractivity contribution in [1.29, 1.82) is 0 Å². The molecule has 1 aromatic heterocycles. The van der Waals surface area contributed by atoms with E-state index in [0.29, 0.717) is 11.9 Å². The van der Waals surface area contributed by atoms with Crippen LogP contribution >= 0.6 is 12.4 Å². The minimum Gasteiger partial charge on any atom is -0.382 e. The molecule has 0 aliphatic carbocycles. The van der Waals surface area contributed by atoms with Crippen molar-refractivity contribution in [2.24, 2.45) is 0 Å². The summed E-state index contributed by atoms with van der Waals surface area (Å²) in [6.45, 7) is 6.39. The second-order valence-electron chi connectivity index (χ2n) is 3.13. The van der Waals surface area contributed by atoms with E-state index in [9.17, 15) is 0 Å². The van der Waals surface area contributed by atoms with Crippen molar-refractivity contribution in [2.75, 3.05) is 5.73 Å². The Morgan fingerprint density at radius 2 is 2.00 bits per heavy atom. The van der Waals surface area contributed by atoms with Crippen LogP contribution in [-0.2, 0) is 0 Å². The highest BCUT2D eigenvalue weighted by Gasteiger charge is 2.09. The topological polar surface area (TPSA) is 43.8 Å². The smallest absolute Gasteiger partial charge is 0.145 e. The van der Waals surface area contributed by atoms with Crippen LogP contribution in [0.5, 0.6) is 0 Å². The SMILES string of the molecule is CCC(CC)n1nc(N)cc1C.Cl. The van der Waals surface area contributed by atoms with Crippen LogP contribution in [0, 0.1) is 6.92 Å². The quantitative estimate of drug-likeness (QED) is 0.821. The molecule has 0 fully saturated rings. The molecule has 0 aromatic carbocycles. The van der Waals surface area contributed by atoms with E-state index < -0.39 is 0 Å². The van der Waals surface area contributed by atoms with Crippen molar-refractivity contribution in [1.82, 2.24) is 9.78 Å². The predicted octanol–water partition coefficient (Wildman–Crippen LogP) is 2.56. The lowest BCUT2D eigenvalue weighted by Crippen LogP contribution is -2.10. The Bertz CT molecular complexity index is 253. The summed E-state index contributed by atoms with van der Waals surface area (Å²) in [5, 5.41) is 4.25. The third kappa shape index (κ3) is 2.62. The largest absolute Gasteiger partial charge is 0.382 e. The van der Waals surface area contributed by atoms with Gasteiger partial charge in [-0.3, -0.25) is 4.68 Å². The first-order valence-corrected chi connectivity index (χ1v) is 4.50. The molecule has 1 rings (SSSR count). The van der Waals surface area contributed by atoms with Crippen molar-refractivity contribution < 1.29 is 0 Å². The maximum absolute atomic E-state index is 5.59. The Morgan fingerprint density at radius 1 is 1.46 bits per heavy atom. The molecule has 0 amide bonds. The zero-order valence-corrected chi connectivity index (χ0v) is 9.27. The van der Waals surface area contributed by atoms with Crippen LogP contribution < -0.4 is 5.73 Å². The van der Waals surface area contributed by atoms with Crippen LogP contribution in [0.15, 0.2) is 6.07 Å². The first kappa shape index (κ1) is 12.3. The number of nitrogens with two attached hydrogens (primary N) is 1. The van der Waals surface area contributed by atoms with Crippen LogP contribution in [0.1, 0.15) is 38.4 Å². The lowest BCUT2D eigenvalue weighted by molar-refractivity contribution is 0.421. The molecule has 0 aliphatic heterocycles. The minimum atomic E-state index is 0. The maximum atomic E-state index is 5.59. The molecule has 0 unspecified atom stereocenters. The van der Waals surface area contributed by atoms with Crippen LogP contribution in [0.4, 0.5) is 5.82 Å². The summed E-state index contributed by atoms with van der Waals surface area (Å²) >= 11 is 0. The second-order valence-corrected chi connectivity index (χ2v) is 3.13. The van der Waals surface area contributed by atoms with Gasteiger partial charge in [0.2, 0.25) is 0 Å². The van der Waals surface area contributed by atoms with Crippen LogP contribution in [0.2, 0.25) is 0 Å². The summed E-state index contributed by atoms with van der Waals surface area (Å²) in [5.74, 6) is 0.624. The number of rotatable bonds is 3. The fraction of sp³-hybridized carbons (Fsp3) is 0.667. The van der Waals surface area contributed by atoms with E-state index in [1.807, 2.05) is 17.7 Å². The minimum absolute atomic E-state index is 0. The van der Waals surface area contributed by atoms with Gasteiger partial charge in [-0.05, 0) is 19.8 Å². The molecule has 4 heteroatoms. The van der Waals surface area contributed by atoms with E-state index in [1.54, 1.807) is 0 Å². The van der Waals surface area contributed by atoms with E-state index in [0.717, 1.165) is 18.5 Å². The molecule has 0 saturated carbocycles. The van der Waals surface area contributed by atoms with Gasteiger partial charge in [-0.25, -0.2) is 0 Å². The van der Waals surface area contributed by atoms with Gasteiger partial charge in [0.15, 0.2) is 0 Å². The van der Waals surface area contributed by atoms with E-state index in [2.05, 4.69) is 18.9 Å². The van der Waals surface area contributed by atoms with Crippen molar-refractivity contribution in [2.45, 2.75) is 39.7 Å². The molecule has 1 heterocycles. The average molecular weight is 204 g/mol. The molecule has 3 nitrogen and oxygen atoms in total. The molecule has 0 radical (unpaired) electrons. The molecule has 76 valence electrons. The highest BCUT2D eigenvalue weighted by Crippen LogP contribution is 2.18. The molecule has 0 bridgehead atoms. The second kappa shape index (κ2) is 5.12. The Kier molecular flexibility index (Phi) is 4.85. The number of hydrogen-bond donors (Lipinski definition) is 1. The number of aromatic nitrogens is 2. The standard InChI is InChI=1S/C9H17N3.ClH/c1-4-8(5-2)12-7(3)6-9(10)11-12;/h6,8H,4-5H2,1-3H3,(H2,10,11);1H. The maximum Gasteiger partial charge on any atom is 0.145 e. The lowest BCUT2D eigenvalue weighted by atomic mass is 10.2. The van der Waals surface area contributed by atoms with Gasteiger partial charge in [0.05, 0.1) is 6.04 Å². The number of nitrogens with zero attached hydrogens (tertiary/aromatic N) is 2. The number of halogens is 1. The van der Waals surface area contributed by atoms with Crippen molar-refractivity contribution >= 4 is 18.2 Å². The Balaban J connectivity index is 0.00000144. The number of hydrogen-bond acceptors (Lipinski definition) is 2. The summed E-state index contributed by atoms with van der Waals surface area (Å²) in [7, 11) is 0. The van der Waals surface area contributed by atoms with Gasteiger partial charge >= 0.3 is 0 Å². The highest BCUT2D eigenvalue weighted by atomic mass is 35.5. The van der Waals surface area contributed by atoms with Gasteiger partial charge in [0.1, 0.15) is 5.82 Å². The van der Waals surface area contributed by atoms with Gasteiger partial charge in [-0.15, -0.1) is 12.4 Å². The van der Waals surface area contributed by atoms with Gasteiger partial charge in [0, 0.05) is 11.8 Å². The summed E-state index contributed by atoms with van der Waals surface area (Å²) in [5.41, 5.74) is 6.75. The number of aryl methyl sites for hydroxylation is 1. The zero-order valence-electron chi connectivity index (χ0n) is 8.45. The monoisotopic (exact) mass is 203 g/mol. The van der Waals surface area contributed by atoms with Crippen molar-refractivity contribution in [3.8, 4) is 0 Å². The molecule has 0 atom stereocenters. The normalized spacial score (nSPS) is 10.2. The fourth-order valence-corrected chi connectivity index (χ4v) is 1.52. The molecule has 0 spiro atoms. The van der Waals surface area contributed by atoms with Gasteiger partial charge in [-0.1, -0.05) is 13.8 Å². The van der Waals surface area contributed by atoms with E-state index in [1.165, 1.54) is 0 Å². The zero-order chi connectivity index (χ0) is 9.14. The van der Waals surface area contributed by atoms with Crippen LogP contribution in [0.25, 0.3) is 0 Å². The van der Waals surface area contributed by atoms with Crippen LogP contribution in [-0.4, -0.2) is 9.78 Å². The Hall–Kier alpha value is -0.700. The third-order valence-electron chi connectivity index (χ3n) is 2.23. The Morgan fingerprint density at radius 3 is 2.31 bits per heavy atom. The van der Waals surface area contributed by atoms with Gasteiger partial charge in [-0.2, -0.15) is 5.10 Å². The number of anilines is 1. The van der Waals surface area contributed by atoms with Crippen molar-refractivity contribution in [3.05, 3.63) is 11.8 Å². The summed E-state index contributed by atoms with van der Waals surface area (Å²) in [6, 6.07) is 2.42. The van der Waals surface area contributed by atoms with Crippen molar-refractivity contribution in [3.63, 3.8) is 0 Å².